The van der Waals surface area contributed by atoms with Crippen molar-refractivity contribution < 1.29 is 17.6 Å². The molecule has 0 aliphatic rings. The Hall–Kier alpha value is -1.15. The van der Waals surface area contributed by atoms with Crippen LogP contribution in [0.4, 0.5) is 0 Å². The Kier molecular flexibility index (Phi) is 6.23. The summed E-state index contributed by atoms with van der Waals surface area (Å²) in [6.45, 7) is 0.573. The average Bonchev–Trinajstić information content (AvgIpc) is 2.81. The zero-order chi connectivity index (χ0) is 14.3. The number of carbonyl (C=O) groups excluding carboxylic acids is 1. The Morgan fingerprint density at radius 2 is 2.05 bits per heavy atom. The maximum Gasteiger partial charge on any atom is 0.335 e. The number of aromatic nitrogens is 2. The first-order valence-corrected chi connectivity index (χ1v) is 8.21. The molecule has 0 bridgehead atoms. The molecule has 1 amide bonds. The third-order valence-corrected chi connectivity index (χ3v) is 3.32. The molecule has 0 atom stereocenters. The number of sulfone groups is 1. The van der Waals surface area contributed by atoms with Crippen LogP contribution in [0.2, 0.25) is 0 Å². The van der Waals surface area contributed by atoms with E-state index in [-0.39, 0.29) is 17.0 Å². The van der Waals surface area contributed by atoms with E-state index in [1.165, 1.54) is 0 Å². The van der Waals surface area contributed by atoms with Gasteiger partial charge in [0, 0.05) is 19.2 Å². The molecule has 1 aromatic heterocycles. The number of alkyl halides is 1. The number of aryl methyl sites for hydroxylation is 1. The topological polar surface area (TPSA) is 102 Å². The van der Waals surface area contributed by atoms with Gasteiger partial charge in [0.05, 0.1) is 0 Å². The normalized spacial score (nSPS) is 11.5. The SMILES string of the molecule is CS(=O)(=O)c1nnc(CCCCCNC(=O)CCl)o1. The number of halogens is 1. The summed E-state index contributed by atoms with van der Waals surface area (Å²) >= 11 is 5.32. The van der Waals surface area contributed by atoms with Crippen molar-refractivity contribution in [2.45, 2.75) is 30.9 Å². The molecule has 1 rings (SSSR count). The van der Waals surface area contributed by atoms with Crippen LogP contribution in [0, 0.1) is 0 Å². The lowest BCUT2D eigenvalue weighted by molar-refractivity contribution is -0.118. The molecule has 1 heterocycles. The number of hydrogen-bond acceptors (Lipinski definition) is 6. The summed E-state index contributed by atoms with van der Waals surface area (Å²) in [7, 11) is -3.43. The lowest BCUT2D eigenvalue weighted by Crippen LogP contribution is -2.25. The van der Waals surface area contributed by atoms with E-state index in [9.17, 15) is 13.2 Å². The predicted octanol–water partition coefficient (Wildman–Crippen LogP) is 0.541. The highest BCUT2D eigenvalue weighted by molar-refractivity contribution is 7.90. The van der Waals surface area contributed by atoms with Crippen molar-refractivity contribution in [3.05, 3.63) is 5.89 Å². The molecule has 0 saturated heterocycles. The first-order chi connectivity index (χ1) is 8.93. The van der Waals surface area contributed by atoms with Gasteiger partial charge >= 0.3 is 5.22 Å². The van der Waals surface area contributed by atoms with E-state index in [2.05, 4.69) is 15.5 Å². The number of hydrogen-bond donors (Lipinski definition) is 1. The second-order valence-electron chi connectivity index (χ2n) is 4.03. The highest BCUT2D eigenvalue weighted by Gasteiger charge is 2.15. The summed E-state index contributed by atoms with van der Waals surface area (Å²) in [5.74, 6) is 0.0950. The summed E-state index contributed by atoms with van der Waals surface area (Å²) in [6, 6.07) is 0. The minimum absolute atomic E-state index is 0.0315. The minimum atomic E-state index is -3.43. The van der Waals surface area contributed by atoms with Crippen LogP contribution in [-0.2, 0) is 21.1 Å². The number of carbonyl (C=O) groups is 1. The zero-order valence-corrected chi connectivity index (χ0v) is 12.1. The molecule has 108 valence electrons. The fraction of sp³-hybridized carbons (Fsp3) is 0.700. The van der Waals surface area contributed by atoms with Gasteiger partial charge in [0.25, 0.3) is 0 Å². The first-order valence-electron chi connectivity index (χ1n) is 5.78. The summed E-state index contributed by atoms with van der Waals surface area (Å²) in [6.07, 6.45) is 3.99. The van der Waals surface area contributed by atoms with E-state index in [0.29, 0.717) is 18.9 Å². The summed E-state index contributed by atoms with van der Waals surface area (Å²) in [5, 5.41) is 9.42. The van der Waals surface area contributed by atoms with Crippen LogP contribution < -0.4 is 5.32 Å². The molecule has 1 aromatic rings. The fourth-order valence-electron chi connectivity index (χ4n) is 1.34. The number of nitrogens with zero attached hydrogens (tertiary/aromatic N) is 2. The van der Waals surface area contributed by atoms with E-state index in [1.54, 1.807) is 0 Å². The van der Waals surface area contributed by atoms with E-state index < -0.39 is 9.84 Å². The number of nitrogens with one attached hydrogen (secondary N) is 1. The van der Waals surface area contributed by atoms with Crippen LogP contribution in [0.1, 0.15) is 25.2 Å². The highest BCUT2D eigenvalue weighted by Crippen LogP contribution is 2.09. The van der Waals surface area contributed by atoms with Crippen LogP contribution in [0.3, 0.4) is 0 Å². The van der Waals surface area contributed by atoms with E-state index >= 15 is 0 Å². The molecule has 0 radical (unpaired) electrons. The third-order valence-electron chi connectivity index (χ3n) is 2.28. The van der Waals surface area contributed by atoms with Gasteiger partial charge in [0.15, 0.2) is 0 Å². The number of amides is 1. The summed E-state index contributed by atoms with van der Waals surface area (Å²) in [5.41, 5.74) is 0. The van der Waals surface area contributed by atoms with Gasteiger partial charge in [-0.25, -0.2) is 8.42 Å². The minimum Gasteiger partial charge on any atom is -0.413 e. The maximum atomic E-state index is 11.1. The van der Waals surface area contributed by atoms with Gasteiger partial charge in [-0.2, -0.15) is 0 Å². The van der Waals surface area contributed by atoms with Crippen molar-refractivity contribution in [2.24, 2.45) is 0 Å². The van der Waals surface area contributed by atoms with Crippen molar-refractivity contribution in [1.82, 2.24) is 15.5 Å². The van der Waals surface area contributed by atoms with Crippen LogP contribution in [0.25, 0.3) is 0 Å². The largest absolute Gasteiger partial charge is 0.413 e. The zero-order valence-electron chi connectivity index (χ0n) is 10.6. The van der Waals surface area contributed by atoms with Crippen LogP contribution >= 0.6 is 11.6 Å². The van der Waals surface area contributed by atoms with Crippen molar-refractivity contribution >= 4 is 27.3 Å². The number of rotatable bonds is 8. The van der Waals surface area contributed by atoms with Gasteiger partial charge in [0.1, 0.15) is 5.88 Å². The van der Waals surface area contributed by atoms with Gasteiger partial charge < -0.3 is 9.73 Å². The smallest absolute Gasteiger partial charge is 0.335 e. The van der Waals surface area contributed by atoms with Crippen molar-refractivity contribution in [1.29, 1.82) is 0 Å². The number of unbranched alkanes of at least 4 members (excludes halogenated alkanes) is 2. The molecule has 0 aliphatic heterocycles. The quantitative estimate of drug-likeness (QED) is 0.555. The lowest BCUT2D eigenvalue weighted by Gasteiger charge is -2.01. The van der Waals surface area contributed by atoms with Crippen LogP contribution in [0.15, 0.2) is 9.64 Å². The monoisotopic (exact) mass is 309 g/mol. The Balaban J connectivity index is 2.20. The molecular weight excluding hydrogens is 294 g/mol. The van der Waals surface area contributed by atoms with Crippen LogP contribution in [-0.4, -0.2) is 43.2 Å². The highest BCUT2D eigenvalue weighted by atomic mass is 35.5. The molecule has 0 unspecified atom stereocenters. The molecule has 0 spiro atoms. The average molecular weight is 310 g/mol. The van der Waals surface area contributed by atoms with E-state index in [1.807, 2.05) is 0 Å². The van der Waals surface area contributed by atoms with Gasteiger partial charge in [-0.05, 0) is 12.8 Å². The van der Waals surface area contributed by atoms with E-state index in [4.69, 9.17) is 16.0 Å². The molecule has 19 heavy (non-hydrogen) atoms. The summed E-state index contributed by atoms with van der Waals surface area (Å²) < 4.78 is 27.2. The van der Waals surface area contributed by atoms with Crippen molar-refractivity contribution in [3.63, 3.8) is 0 Å². The predicted molar refractivity (Wildman–Crippen MR) is 68.7 cm³/mol. The molecule has 7 nitrogen and oxygen atoms in total. The van der Waals surface area contributed by atoms with Gasteiger partial charge in [-0.3, -0.25) is 4.79 Å². The Morgan fingerprint density at radius 1 is 1.32 bits per heavy atom. The Labute approximate surface area is 116 Å². The second kappa shape index (κ2) is 7.44. The molecular formula is C10H16ClN3O4S. The molecule has 9 heteroatoms. The van der Waals surface area contributed by atoms with Crippen molar-refractivity contribution in [3.8, 4) is 0 Å². The van der Waals surface area contributed by atoms with E-state index in [0.717, 1.165) is 25.5 Å². The summed E-state index contributed by atoms with van der Waals surface area (Å²) in [4.78, 5) is 10.8. The standard InChI is InChI=1S/C10H16ClN3O4S/c1-19(16,17)10-14-13-9(18-10)5-3-2-4-6-12-8(15)7-11/h2-7H2,1H3,(H,12,15). The molecule has 0 saturated carbocycles. The first kappa shape index (κ1) is 15.9. The molecule has 0 aliphatic carbocycles. The maximum absolute atomic E-state index is 11.1. The second-order valence-corrected chi connectivity index (χ2v) is 6.19. The molecule has 0 fully saturated rings. The van der Waals surface area contributed by atoms with Gasteiger partial charge in [-0.1, -0.05) is 11.5 Å². The van der Waals surface area contributed by atoms with Gasteiger partial charge in [0.2, 0.25) is 21.6 Å². The van der Waals surface area contributed by atoms with Crippen molar-refractivity contribution in [2.75, 3.05) is 18.7 Å². The molecule has 0 aromatic carbocycles. The molecule has 1 N–H and O–H groups in total. The Morgan fingerprint density at radius 3 is 2.63 bits per heavy atom. The lowest BCUT2D eigenvalue weighted by atomic mass is 10.2. The fourth-order valence-corrected chi connectivity index (χ4v) is 1.87. The van der Waals surface area contributed by atoms with Gasteiger partial charge in [-0.15, -0.1) is 16.7 Å². The third kappa shape index (κ3) is 6.02. The Bertz CT molecular complexity index is 515. The van der Waals surface area contributed by atoms with Crippen LogP contribution in [0.5, 0.6) is 0 Å².